The van der Waals surface area contributed by atoms with Gasteiger partial charge in [0, 0.05) is 13.0 Å². The van der Waals surface area contributed by atoms with Crippen LogP contribution in [0.2, 0.25) is 5.02 Å². The van der Waals surface area contributed by atoms with Gasteiger partial charge in [0.05, 0.1) is 24.7 Å². The number of ether oxygens (including phenoxy) is 2. The molecule has 0 saturated carbocycles. The predicted molar refractivity (Wildman–Crippen MR) is 89.0 cm³/mol. The van der Waals surface area contributed by atoms with E-state index in [-0.39, 0.29) is 24.7 Å². The van der Waals surface area contributed by atoms with Crippen molar-refractivity contribution in [2.45, 2.75) is 19.4 Å². The van der Waals surface area contributed by atoms with Gasteiger partial charge in [-0.1, -0.05) is 29.8 Å². The first-order valence-electron chi connectivity index (χ1n) is 7.71. The van der Waals surface area contributed by atoms with Gasteiger partial charge in [0.1, 0.15) is 5.82 Å². The lowest BCUT2D eigenvalue weighted by atomic mass is 10.1. The van der Waals surface area contributed by atoms with E-state index in [2.05, 4.69) is 5.32 Å². The van der Waals surface area contributed by atoms with E-state index in [0.29, 0.717) is 35.3 Å². The fourth-order valence-corrected chi connectivity index (χ4v) is 2.75. The Labute approximate surface area is 144 Å². The molecule has 6 heteroatoms. The number of fused-ring (bicyclic) bond motifs is 1. The molecule has 0 radical (unpaired) electrons. The molecule has 1 heterocycles. The molecular weight excluding hydrogens is 333 g/mol. The maximum Gasteiger partial charge on any atom is 0.224 e. The normalized spacial score (nSPS) is 13.2. The van der Waals surface area contributed by atoms with Crippen molar-refractivity contribution in [3.8, 4) is 11.5 Å². The van der Waals surface area contributed by atoms with Crippen molar-refractivity contribution < 1.29 is 18.7 Å². The first-order chi connectivity index (χ1) is 11.6. The van der Waals surface area contributed by atoms with Crippen molar-refractivity contribution in [2.24, 2.45) is 0 Å². The van der Waals surface area contributed by atoms with Crippen molar-refractivity contribution in [1.82, 2.24) is 5.32 Å². The van der Waals surface area contributed by atoms with Crippen LogP contribution >= 0.6 is 11.6 Å². The van der Waals surface area contributed by atoms with Crippen molar-refractivity contribution in [3.05, 3.63) is 58.4 Å². The second-order valence-electron chi connectivity index (χ2n) is 5.50. The summed E-state index contributed by atoms with van der Waals surface area (Å²) in [4.78, 5) is 12.0. The Morgan fingerprint density at radius 3 is 2.83 bits per heavy atom. The van der Waals surface area contributed by atoms with Gasteiger partial charge in [-0.15, -0.1) is 0 Å². The van der Waals surface area contributed by atoms with E-state index in [0.717, 1.165) is 12.0 Å². The summed E-state index contributed by atoms with van der Waals surface area (Å²) in [5.41, 5.74) is 1.16. The van der Waals surface area contributed by atoms with Gasteiger partial charge >= 0.3 is 0 Å². The number of nitrogens with one attached hydrogen (secondary N) is 1. The first kappa shape index (κ1) is 16.6. The molecule has 3 rings (SSSR count). The molecule has 1 N–H and O–H groups in total. The SMILES string of the molecule is O=C(Cc1ccccc1F)NCc1cc(Cl)c2c(c1)OCCCO2. The zero-order valence-electron chi connectivity index (χ0n) is 13.0. The van der Waals surface area contributed by atoms with E-state index >= 15 is 0 Å². The summed E-state index contributed by atoms with van der Waals surface area (Å²) in [7, 11) is 0. The summed E-state index contributed by atoms with van der Waals surface area (Å²) in [6.45, 7) is 1.40. The number of carbonyl (C=O) groups excluding carboxylic acids is 1. The molecule has 1 aliphatic rings. The van der Waals surface area contributed by atoms with E-state index < -0.39 is 0 Å². The highest BCUT2D eigenvalue weighted by molar-refractivity contribution is 6.32. The zero-order valence-corrected chi connectivity index (χ0v) is 13.7. The van der Waals surface area contributed by atoms with Crippen molar-refractivity contribution in [3.63, 3.8) is 0 Å². The van der Waals surface area contributed by atoms with Crippen LogP contribution in [0.3, 0.4) is 0 Å². The van der Waals surface area contributed by atoms with E-state index in [9.17, 15) is 9.18 Å². The first-order valence-corrected chi connectivity index (χ1v) is 8.09. The second kappa shape index (κ2) is 7.53. The molecule has 0 bridgehead atoms. The van der Waals surface area contributed by atoms with Gasteiger partial charge in [-0.3, -0.25) is 4.79 Å². The molecule has 0 unspecified atom stereocenters. The summed E-state index contributed by atoms with van der Waals surface area (Å²) < 4.78 is 24.7. The number of carbonyl (C=O) groups is 1. The maximum atomic E-state index is 13.6. The summed E-state index contributed by atoms with van der Waals surface area (Å²) in [6, 6.07) is 9.77. The summed E-state index contributed by atoms with van der Waals surface area (Å²) in [6.07, 6.45) is 0.782. The molecule has 0 saturated heterocycles. The Bertz CT molecular complexity index is 751. The standard InChI is InChI=1S/C18H17ClFNO3/c19-14-8-12(9-16-18(14)24-7-3-6-23-16)11-21-17(22)10-13-4-1-2-5-15(13)20/h1-2,4-5,8-9H,3,6-7,10-11H2,(H,21,22). The van der Waals surface area contributed by atoms with Crippen molar-refractivity contribution in [2.75, 3.05) is 13.2 Å². The predicted octanol–water partition coefficient (Wildman–Crippen LogP) is 3.50. The van der Waals surface area contributed by atoms with Crippen LogP contribution in [0.5, 0.6) is 11.5 Å². The Morgan fingerprint density at radius 1 is 1.21 bits per heavy atom. The molecule has 126 valence electrons. The van der Waals surface area contributed by atoms with Gasteiger partial charge in [0.2, 0.25) is 5.91 Å². The molecule has 0 aromatic heterocycles. The number of rotatable bonds is 4. The van der Waals surface area contributed by atoms with Crippen LogP contribution in [0.1, 0.15) is 17.5 Å². The van der Waals surface area contributed by atoms with Crippen LogP contribution in [-0.2, 0) is 17.8 Å². The van der Waals surface area contributed by atoms with E-state index in [1.807, 2.05) is 0 Å². The van der Waals surface area contributed by atoms with Gasteiger partial charge in [-0.25, -0.2) is 4.39 Å². The third-order valence-electron chi connectivity index (χ3n) is 3.66. The van der Waals surface area contributed by atoms with Crippen LogP contribution in [-0.4, -0.2) is 19.1 Å². The summed E-state index contributed by atoms with van der Waals surface area (Å²) in [5, 5.41) is 3.22. The molecule has 0 aliphatic carbocycles. The van der Waals surface area contributed by atoms with Gasteiger partial charge in [-0.05, 0) is 29.3 Å². The number of halogens is 2. The number of benzene rings is 2. The molecule has 0 spiro atoms. The Kier molecular flexibility index (Phi) is 5.20. The fraction of sp³-hybridized carbons (Fsp3) is 0.278. The van der Waals surface area contributed by atoms with Gasteiger partial charge in [0.15, 0.2) is 11.5 Å². The van der Waals surface area contributed by atoms with Crippen LogP contribution < -0.4 is 14.8 Å². The second-order valence-corrected chi connectivity index (χ2v) is 5.91. The molecular formula is C18H17ClFNO3. The molecule has 0 atom stereocenters. The topological polar surface area (TPSA) is 47.6 Å². The minimum absolute atomic E-state index is 0.00897. The lowest BCUT2D eigenvalue weighted by Gasteiger charge is -2.12. The lowest BCUT2D eigenvalue weighted by molar-refractivity contribution is -0.120. The summed E-state index contributed by atoms with van der Waals surface area (Å²) in [5.74, 6) is 0.476. The Morgan fingerprint density at radius 2 is 2.00 bits per heavy atom. The summed E-state index contributed by atoms with van der Waals surface area (Å²) >= 11 is 6.22. The van der Waals surface area contributed by atoms with Crippen molar-refractivity contribution >= 4 is 17.5 Å². The number of hydrogen-bond acceptors (Lipinski definition) is 3. The van der Waals surface area contributed by atoms with Gasteiger partial charge < -0.3 is 14.8 Å². The minimum atomic E-state index is -0.383. The van der Waals surface area contributed by atoms with E-state index in [1.54, 1.807) is 30.3 Å². The molecule has 0 fully saturated rings. The van der Waals surface area contributed by atoms with Gasteiger partial charge in [0.25, 0.3) is 0 Å². The molecule has 1 amide bonds. The van der Waals surface area contributed by atoms with E-state index in [1.165, 1.54) is 6.07 Å². The maximum absolute atomic E-state index is 13.6. The number of amides is 1. The molecule has 2 aromatic carbocycles. The highest BCUT2D eigenvalue weighted by Crippen LogP contribution is 2.37. The third-order valence-corrected chi connectivity index (χ3v) is 3.94. The minimum Gasteiger partial charge on any atom is -0.489 e. The average molecular weight is 350 g/mol. The van der Waals surface area contributed by atoms with Crippen LogP contribution in [0.15, 0.2) is 36.4 Å². The lowest BCUT2D eigenvalue weighted by Crippen LogP contribution is -2.25. The molecule has 4 nitrogen and oxygen atoms in total. The quantitative estimate of drug-likeness (QED) is 0.919. The monoisotopic (exact) mass is 349 g/mol. The highest BCUT2D eigenvalue weighted by Gasteiger charge is 2.16. The molecule has 1 aliphatic heterocycles. The van der Waals surface area contributed by atoms with Crippen LogP contribution in [0.4, 0.5) is 4.39 Å². The van der Waals surface area contributed by atoms with E-state index in [4.69, 9.17) is 21.1 Å². The molecule has 2 aromatic rings. The molecule has 24 heavy (non-hydrogen) atoms. The zero-order chi connectivity index (χ0) is 16.9. The van der Waals surface area contributed by atoms with Crippen LogP contribution in [0.25, 0.3) is 0 Å². The largest absolute Gasteiger partial charge is 0.489 e. The average Bonchev–Trinajstić information content (AvgIpc) is 2.81. The Hall–Kier alpha value is -2.27. The third kappa shape index (κ3) is 3.97. The smallest absolute Gasteiger partial charge is 0.224 e. The number of hydrogen-bond donors (Lipinski definition) is 1. The Balaban J connectivity index is 1.64. The highest BCUT2D eigenvalue weighted by atomic mass is 35.5. The van der Waals surface area contributed by atoms with Gasteiger partial charge in [-0.2, -0.15) is 0 Å². The van der Waals surface area contributed by atoms with Crippen LogP contribution in [0, 0.1) is 5.82 Å². The van der Waals surface area contributed by atoms with Crippen molar-refractivity contribution in [1.29, 1.82) is 0 Å². The fourth-order valence-electron chi connectivity index (χ4n) is 2.46.